The summed E-state index contributed by atoms with van der Waals surface area (Å²) in [5.41, 5.74) is 1.57. The Bertz CT molecular complexity index is 1350. The first-order valence-corrected chi connectivity index (χ1v) is 11.3. The maximum atomic E-state index is 13.4. The third kappa shape index (κ3) is 2.52. The first-order chi connectivity index (χ1) is 16.0. The molecule has 0 N–H and O–H groups in total. The van der Waals surface area contributed by atoms with Crippen LogP contribution in [0.4, 0.5) is 5.69 Å². The molecule has 1 aromatic heterocycles. The average Bonchev–Trinajstić information content (AvgIpc) is 3.50. The predicted molar refractivity (Wildman–Crippen MR) is 120 cm³/mol. The largest absolute Gasteiger partial charge is 0.497 e. The van der Waals surface area contributed by atoms with Gasteiger partial charge in [-0.2, -0.15) is 0 Å². The molecule has 1 aliphatic heterocycles. The number of allylic oxidation sites excluding steroid dienone is 2. The van der Waals surface area contributed by atoms with Crippen molar-refractivity contribution < 1.29 is 23.5 Å². The first-order valence-electron chi connectivity index (χ1n) is 11.3. The van der Waals surface area contributed by atoms with Gasteiger partial charge in [0.2, 0.25) is 17.6 Å². The third-order valence-corrected chi connectivity index (χ3v) is 8.00. The van der Waals surface area contributed by atoms with E-state index in [1.54, 1.807) is 55.6 Å². The van der Waals surface area contributed by atoms with E-state index >= 15 is 0 Å². The Balaban J connectivity index is 1.21. The summed E-state index contributed by atoms with van der Waals surface area (Å²) in [5, 5.41) is 0.684. The van der Waals surface area contributed by atoms with Gasteiger partial charge in [0.25, 0.3) is 0 Å². The highest BCUT2D eigenvalue weighted by atomic mass is 16.5. The lowest BCUT2D eigenvalue weighted by Gasteiger charge is -2.37. The summed E-state index contributed by atoms with van der Waals surface area (Å²) in [4.78, 5) is 41.0. The molecule has 164 valence electrons. The molecule has 0 radical (unpaired) electrons. The standard InChI is InChI=1S/C27H21NO5/c1-32-16-5-2-13(3-6-16)25(29)22-11-14-10-15(4-9-21(14)33-22)28-26(30)23-17-7-8-18(20-12-19(17)20)24(23)27(28)31/h2-11,17-20,23-24H,12H2,1H3/t17-,18?,19?,20?,23?,24?/m1/s1. The second kappa shape index (κ2) is 6.44. The van der Waals surface area contributed by atoms with Gasteiger partial charge in [0, 0.05) is 10.9 Å². The maximum absolute atomic E-state index is 13.4. The van der Waals surface area contributed by atoms with Gasteiger partial charge in [-0.25, -0.2) is 4.90 Å². The number of rotatable bonds is 4. The number of ether oxygens (including phenoxy) is 1. The number of amides is 2. The molecule has 5 unspecified atom stereocenters. The van der Waals surface area contributed by atoms with Gasteiger partial charge >= 0.3 is 0 Å². The highest BCUT2D eigenvalue weighted by molar-refractivity contribution is 6.23. The fourth-order valence-electron chi connectivity index (χ4n) is 6.38. The maximum Gasteiger partial charge on any atom is 0.238 e. The SMILES string of the molecule is COc1ccc(C(=O)c2cc3cc(N4C(=O)C5C6C=C[C@H](C7CC67)C5C4=O)ccc3o2)cc1. The summed E-state index contributed by atoms with van der Waals surface area (Å²) in [6.07, 6.45) is 5.48. The second-order valence-electron chi connectivity index (χ2n) is 9.56. The van der Waals surface area contributed by atoms with Crippen LogP contribution in [0.5, 0.6) is 5.75 Å². The lowest BCUT2D eigenvalue weighted by atomic mass is 9.63. The summed E-state index contributed by atoms with van der Waals surface area (Å²) in [5.74, 6) is 1.52. The van der Waals surface area contributed by atoms with Gasteiger partial charge in [-0.3, -0.25) is 14.4 Å². The zero-order chi connectivity index (χ0) is 22.4. The number of hydrogen-bond donors (Lipinski definition) is 0. The number of fused-ring (bicyclic) bond motifs is 1. The predicted octanol–water partition coefficient (Wildman–Crippen LogP) is 4.23. The minimum absolute atomic E-state index is 0.0907. The monoisotopic (exact) mass is 439 g/mol. The van der Waals surface area contributed by atoms with E-state index in [0.29, 0.717) is 39.8 Å². The minimum atomic E-state index is -0.239. The van der Waals surface area contributed by atoms with Crippen molar-refractivity contribution >= 4 is 34.3 Å². The number of ketones is 1. The molecule has 2 saturated carbocycles. The number of furan rings is 1. The van der Waals surface area contributed by atoms with Crippen LogP contribution in [0.1, 0.15) is 22.5 Å². The normalized spacial score (nSPS) is 31.1. The molecule has 4 aliphatic carbocycles. The summed E-state index contributed by atoms with van der Waals surface area (Å²) in [6.45, 7) is 0. The highest BCUT2D eigenvalue weighted by Gasteiger charge is 2.67. The van der Waals surface area contributed by atoms with Crippen molar-refractivity contribution in [1.82, 2.24) is 0 Å². The van der Waals surface area contributed by atoms with Crippen LogP contribution < -0.4 is 9.64 Å². The summed E-state index contributed by atoms with van der Waals surface area (Å²) < 4.78 is 10.9. The fourth-order valence-corrected chi connectivity index (χ4v) is 6.38. The number of benzene rings is 2. The lowest BCUT2D eigenvalue weighted by molar-refractivity contribution is -0.124. The van der Waals surface area contributed by atoms with Gasteiger partial charge in [0.1, 0.15) is 11.3 Å². The molecule has 6 nitrogen and oxygen atoms in total. The summed E-state index contributed by atoms with van der Waals surface area (Å²) in [7, 11) is 1.57. The highest BCUT2D eigenvalue weighted by Crippen LogP contribution is 2.65. The summed E-state index contributed by atoms with van der Waals surface area (Å²) in [6, 6.07) is 13.7. The number of anilines is 1. The Morgan fingerprint density at radius 3 is 2.24 bits per heavy atom. The topological polar surface area (TPSA) is 76.8 Å². The van der Waals surface area contributed by atoms with Crippen molar-refractivity contribution in [3.05, 3.63) is 72.0 Å². The van der Waals surface area contributed by atoms with Crippen LogP contribution in [0, 0.1) is 35.5 Å². The van der Waals surface area contributed by atoms with E-state index in [2.05, 4.69) is 12.2 Å². The van der Waals surface area contributed by atoms with Gasteiger partial charge in [0.15, 0.2) is 5.76 Å². The Hall–Kier alpha value is -3.67. The van der Waals surface area contributed by atoms with Crippen molar-refractivity contribution in [2.45, 2.75) is 6.42 Å². The molecule has 0 spiro atoms. The van der Waals surface area contributed by atoms with Crippen molar-refractivity contribution in [3.8, 4) is 5.75 Å². The quantitative estimate of drug-likeness (QED) is 0.345. The van der Waals surface area contributed by atoms with Crippen LogP contribution in [0.2, 0.25) is 0 Å². The van der Waals surface area contributed by atoms with E-state index in [1.807, 2.05) is 0 Å². The van der Waals surface area contributed by atoms with Crippen molar-refractivity contribution in [1.29, 1.82) is 0 Å². The van der Waals surface area contributed by atoms with E-state index in [1.165, 1.54) is 4.90 Å². The Morgan fingerprint density at radius 1 is 0.939 bits per heavy atom. The van der Waals surface area contributed by atoms with Crippen LogP contribution in [0.25, 0.3) is 11.0 Å². The molecule has 8 rings (SSSR count). The number of methoxy groups -OCH3 is 1. The molecule has 2 aromatic carbocycles. The van der Waals surface area contributed by atoms with Gasteiger partial charge in [-0.15, -0.1) is 0 Å². The lowest BCUT2D eigenvalue weighted by Crippen LogP contribution is -2.40. The van der Waals surface area contributed by atoms with Crippen LogP contribution in [-0.2, 0) is 9.59 Å². The minimum Gasteiger partial charge on any atom is -0.497 e. The molecule has 2 bridgehead atoms. The third-order valence-electron chi connectivity index (χ3n) is 8.00. The van der Waals surface area contributed by atoms with Gasteiger partial charge in [0.05, 0.1) is 24.6 Å². The van der Waals surface area contributed by atoms with E-state index in [-0.39, 0.29) is 47.0 Å². The molecule has 1 saturated heterocycles. The van der Waals surface area contributed by atoms with E-state index in [0.717, 1.165) is 6.42 Å². The molecule has 33 heavy (non-hydrogen) atoms. The second-order valence-corrected chi connectivity index (χ2v) is 9.56. The zero-order valence-corrected chi connectivity index (χ0v) is 17.9. The average molecular weight is 439 g/mol. The number of carbonyl (C=O) groups excluding carboxylic acids is 3. The van der Waals surface area contributed by atoms with Crippen molar-refractivity contribution in [2.24, 2.45) is 35.5 Å². The van der Waals surface area contributed by atoms with Crippen LogP contribution in [-0.4, -0.2) is 24.7 Å². The molecule has 3 fully saturated rings. The smallest absolute Gasteiger partial charge is 0.238 e. The van der Waals surface area contributed by atoms with E-state index < -0.39 is 0 Å². The van der Waals surface area contributed by atoms with E-state index in [4.69, 9.17) is 9.15 Å². The van der Waals surface area contributed by atoms with Crippen molar-refractivity contribution in [3.63, 3.8) is 0 Å². The Morgan fingerprint density at radius 2 is 1.61 bits per heavy atom. The van der Waals surface area contributed by atoms with Crippen LogP contribution in [0.3, 0.4) is 0 Å². The zero-order valence-electron chi connectivity index (χ0n) is 17.9. The molecule has 6 heteroatoms. The summed E-state index contributed by atoms with van der Waals surface area (Å²) >= 11 is 0. The number of carbonyl (C=O) groups is 3. The number of nitrogens with zero attached hydrogens (tertiary/aromatic N) is 1. The Labute approximate surface area is 189 Å². The van der Waals surface area contributed by atoms with Gasteiger partial charge in [-0.1, -0.05) is 12.2 Å². The van der Waals surface area contributed by atoms with Gasteiger partial charge in [-0.05, 0) is 78.6 Å². The molecule has 6 atom stereocenters. The molecule has 2 heterocycles. The van der Waals surface area contributed by atoms with Crippen LogP contribution in [0.15, 0.2) is 65.1 Å². The molecular formula is C27H21NO5. The molecule has 2 amide bonds. The first kappa shape index (κ1) is 18.9. The molecular weight excluding hydrogens is 418 g/mol. The van der Waals surface area contributed by atoms with Crippen molar-refractivity contribution in [2.75, 3.05) is 12.0 Å². The number of imide groups is 1. The Kier molecular flexibility index (Phi) is 3.68. The van der Waals surface area contributed by atoms with Gasteiger partial charge < -0.3 is 9.15 Å². The van der Waals surface area contributed by atoms with Crippen LogP contribution >= 0.6 is 0 Å². The molecule has 5 aliphatic rings. The molecule has 3 aromatic rings. The fraction of sp³-hybridized carbons (Fsp3) is 0.296. The number of hydrogen-bond acceptors (Lipinski definition) is 5. The van der Waals surface area contributed by atoms with E-state index in [9.17, 15) is 14.4 Å².